The second-order valence-corrected chi connectivity index (χ2v) is 9.17. The molecule has 2 atom stereocenters. The number of amides is 1. The number of para-hydroxylation sites is 2. The first-order valence-corrected chi connectivity index (χ1v) is 11.8. The Morgan fingerprint density at radius 2 is 1.85 bits per heavy atom. The van der Waals surface area contributed by atoms with Gasteiger partial charge in [-0.05, 0) is 32.0 Å². The smallest absolute Gasteiger partial charge is 0.283 e. The van der Waals surface area contributed by atoms with Crippen LogP contribution in [-0.4, -0.2) is 56.4 Å². The van der Waals surface area contributed by atoms with Gasteiger partial charge in [-0.25, -0.2) is 9.37 Å². The summed E-state index contributed by atoms with van der Waals surface area (Å²) in [7, 11) is 0. The maximum absolute atomic E-state index is 14.7. The lowest BCUT2D eigenvalue weighted by Crippen LogP contribution is -2.48. The van der Waals surface area contributed by atoms with Crippen LogP contribution in [-0.2, 0) is 9.53 Å². The number of fused-ring (bicyclic) bond motifs is 3. The number of aromatic amines is 1. The minimum absolute atomic E-state index is 0.0417. The van der Waals surface area contributed by atoms with E-state index >= 15 is 0 Å². The Morgan fingerprint density at radius 3 is 2.61 bits per heavy atom. The van der Waals surface area contributed by atoms with Crippen molar-refractivity contribution in [2.45, 2.75) is 31.2 Å². The summed E-state index contributed by atoms with van der Waals surface area (Å²) < 4.78 is 21.7. The second kappa shape index (κ2) is 8.64. The third-order valence-corrected chi connectivity index (χ3v) is 6.61. The molecule has 2 aromatic carbocycles. The molecule has 3 heterocycles. The van der Waals surface area contributed by atoms with E-state index in [0.29, 0.717) is 24.1 Å². The number of carbonyl (C=O) groups excluding carboxylic acids is 1. The number of rotatable bonds is 4. The molecule has 0 radical (unpaired) electrons. The zero-order valence-electron chi connectivity index (χ0n) is 18.2. The van der Waals surface area contributed by atoms with Crippen molar-refractivity contribution in [3.63, 3.8) is 0 Å². The second-order valence-electron chi connectivity index (χ2n) is 8.23. The first-order chi connectivity index (χ1) is 15.9. The van der Waals surface area contributed by atoms with Gasteiger partial charge in [0.05, 0.1) is 23.6 Å². The third-order valence-electron chi connectivity index (χ3n) is 5.68. The van der Waals surface area contributed by atoms with E-state index in [1.165, 1.54) is 16.7 Å². The fourth-order valence-corrected chi connectivity index (χ4v) is 5.19. The highest BCUT2D eigenvalue weighted by Crippen LogP contribution is 2.27. The van der Waals surface area contributed by atoms with Crippen molar-refractivity contribution in [2.24, 2.45) is 0 Å². The van der Waals surface area contributed by atoms with E-state index in [9.17, 15) is 14.0 Å². The van der Waals surface area contributed by atoms with Crippen LogP contribution >= 0.6 is 11.8 Å². The molecule has 5 rings (SSSR count). The molecule has 0 spiro atoms. The molecule has 1 fully saturated rings. The van der Waals surface area contributed by atoms with Crippen LogP contribution in [0.4, 0.5) is 4.39 Å². The van der Waals surface area contributed by atoms with Crippen molar-refractivity contribution >= 4 is 39.6 Å². The molecule has 1 N–H and O–H groups in total. The molecule has 1 saturated heterocycles. The molecule has 33 heavy (non-hydrogen) atoms. The average molecular weight is 467 g/mol. The van der Waals surface area contributed by atoms with Crippen LogP contribution in [0.2, 0.25) is 0 Å². The number of morpholine rings is 1. The van der Waals surface area contributed by atoms with Crippen LogP contribution in [0.25, 0.3) is 27.6 Å². The maximum atomic E-state index is 14.7. The number of ether oxygens (including phenoxy) is 1. The Kier molecular flexibility index (Phi) is 5.67. The van der Waals surface area contributed by atoms with Gasteiger partial charge in [-0.3, -0.25) is 14.2 Å². The van der Waals surface area contributed by atoms with Gasteiger partial charge in [0.1, 0.15) is 16.9 Å². The number of benzene rings is 2. The lowest BCUT2D eigenvalue weighted by Gasteiger charge is -2.35. The van der Waals surface area contributed by atoms with Crippen LogP contribution in [0.15, 0.2) is 58.5 Å². The minimum atomic E-state index is -0.541. The summed E-state index contributed by atoms with van der Waals surface area (Å²) in [5.74, 6) is -0.537. The highest BCUT2D eigenvalue weighted by Gasteiger charge is 2.27. The van der Waals surface area contributed by atoms with E-state index in [-0.39, 0.29) is 34.7 Å². The van der Waals surface area contributed by atoms with Crippen LogP contribution in [0, 0.1) is 5.82 Å². The van der Waals surface area contributed by atoms with Crippen molar-refractivity contribution in [1.82, 2.24) is 19.4 Å². The molecule has 4 aromatic rings. The molecule has 2 aromatic heterocycles. The summed E-state index contributed by atoms with van der Waals surface area (Å²) in [4.78, 5) is 36.0. The summed E-state index contributed by atoms with van der Waals surface area (Å²) >= 11 is 1.14. The SMILES string of the molecule is CC1CN(C(=O)CSc2nc3c([nH]c4ccccc43)c(=O)n2-c2ccccc2F)CC(C)O1. The topological polar surface area (TPSA) is 80.2 Å². The predicted molar refractivity (Wildman–Crippen MR) is 126 cm³/mol. The zero-order chi connectivity index (χ0) is 23.1. The number of H-pyrrole nitrogens is 1. The number of hydrogen-bond donors (Lipinski definition) is 1. The molecule has 0 aliphatic carbocycles. The van der Waals surface area contributed by atoms with Gasteiger partial charge in [0.25, 0.3) is 5.56 Å². The van der Waals surface area contributed by atoms with Crippen molar-refractivity contribution in [1.29, 1.82) is 0 Å². The predicted octanol–water partition coefficient (Wildman–Crippen LogP) is 3.73. The molecule has 1 aliphatic heterocycles. The largest absolute Gasteiger partial charge is 0.372 e. The van der Waals surface area contributed by atoms with Gasteiger partial charge in [-0.2, -0.15) is 0 Å². The monoisotopic (exact) mass is 466 g/mol. The van der Waals surface area contributed by atoms with E-state index in [4.69, 9.17) is 9.72 Å². The first-order valence-electron chi connectivity index (χ1n) is 10.8. The number of hydrogen-bond acceptors (Lipinski definition) is 5. The molecule has 1 amide bonds. The van der Waals surface area contributed by atoms with Crippen molar-refractivity contribution in [2.75, 3.05) is 18.8 Å². The fraction of sp³-hybridized carbons (Fsp3) is 0.292. The number of aromatic nitrogens is 3. The average Bonchev–Trinajstić information content (AvgIpc) is 3.17. The van der Waals surface area contributed by atoms with Crippen molar-refractivity contribution < 1.29 is 13.9 Å². The van der Waals surface area contributed by atoms with E-state index in [1.54, 1.807) is 17.0 Å². The molecular formula is C24H23FN4O3S. The fourth-order valence-electron chi connectivity index (χ4n) is 4.28. The van der Waals surface area contributed by atoms with E-state index in [1.807, 2.05) is 38.1 Å². The lowest BCUT2D eigenvalue weighted by molar-refractivity contribution is -0.140. The Bertz CT molecular complexity index is 1410. The number of nitrogens with one attached hydrogen (secondary N) is 1. The molecule has 170 valence electrons. The van der Waals surface area contributed by atoms with Crippen LogP contribution in [0.1, 0.15) is 13.8 Å². The Labute approximate surface area is 193 Å². The van der Waals surface area contributed by atoms with Crippen molar-refractivity contribution in [3.8, 4) is 5.69 Å². The third kappa shape index (κ3) is 4.02. The molecule has 7 nitrogen and oxygen atoms in total. The van der Waals surface area contributed by atoms with Gasteiger partial charge in [0, 0.05) is 24.0 Å². The van der Waals surface area contributed by atoms with Crippen LogP contribution in [0.5, 0.6) is 0 Å². The number of thioether (sulfide) groups is 1. The quantitative estimate of drug-likeness (QED) is 0.366. The molecule has 0 bridgehead atoms. The molecule has 2 unspecified atom stereocenters. The van der Waals surface area contributed by atoms with Crippen LogP contribution < -0.4 is 5.56 Å². The van der Waals surface area contributed by atoms with E-state index < -0.39 is 11.4 Å². The Morgan fingerprint density at radius 1 is 1.15 bits per heavy atom. The molecular weight excluding hydrogens is 443 g/mol. The minimum Gasteiger partial charge on any atom is -0.372 e. The number of carbonyl (C=O) groups is 1. The summed E-state index contributed by atoms with van der Waals surface area (Å²) in [5, 5.41) is 1.07. The highest BCUT2D eigenvalue weighted by molar-refractivity contribution is 7.99. The Hall–Kier alpha value is -3.17. The summed E-state index contributed by atoms with van der Waals surface area (Å²) in [6.45, 7) is 4.90. The summed E-state index contributed by atoms with van der Waals surface area (Å²) in [6, 6.07) is 13.5. The van der Waals surface area contributed by atoms with Gasteiger partial charge < -0.3 is 14.6 Å². The summed E-state index contributed by atoms with van der Waals surface area (Å²) in [5.41, 5.74) is 1.26. The van der Waals surface area contributed by atoms with Crippen molar-refractivity contribution in [3.05, 3.63) is 64.7 Å². The zero-order valence-corrected chi connectivity index (χ0v) is 19.1. The molecule has 9 heteroatoms. The van der Waals surface area contributed by atoms with E-state index in [2.05, 4.69) is 4.98 Å². The number of halogens is 1. The van der Waals surface area contributed by atoms with Gasteiger partial charge in [-0.15, -0.1) is 0 Å². The van der Waals surface area contributed by atoms with Gasteiger partial charge >= 0.3 is 0 Å². The van der Waals surface area contributed by atoms with Gasteiger partial charge in [0.2, 0.25) is 5.91 Å². The van der Waals surface area contributed by atoms with Gasteiger partial charge in [-0.1, -0.05) is 42.1 Å². The summed E-state index contributed by atoms with van der Waals surface area (Å²) in [6.07, 6.45) is -0.0834. The standard InChI is InChI=1S/C24H23FN4O3S/c1-14-11-28(12-15(2)32-14)20(30)13-33-24-27-21-16-7-3-5-9-18(16)26-22(21)23(31)29(24)19-10-6-4-8-17(19)25/h3-10,14-15,26H,11-13H2,1-2H3. The van der Waals surface area contributed by atoms with Gasteiger partial charge in [0.15, 0.2) is 5.16 Å². The molecule has 0 saturated carbocycles. The highest BCUT2D eigenvalue weighted by atomic mass is 32.2. The van der Waals surface area contributed by atoms with Crippen LogP contribution in [0.3, 0.4) is 0 Å². The first kappa shape index (κ1) is 21.7. The number of nitrogens with zero attached hydrogens (tertiary/aromatic N) is 3. The maximum Gasteiger partial charge on any atom is 0.283 e. The Balaban J connectivity index is 1.58. The lowest BCUT2D eigenvalue weighted by atomic mass is 10.2. The van der Waals surface area contributed by atoms with E-state index in [0.717, 1.165) is 22.7 Å². The molecule has 1 aliphatic rings. The normalized spacial score (nSPS) is 18.8.